The number of nitrogens with zero attached hydrogens (tertiary/aromatic N) is 2. The van der Waals surface area contributed by atoms with Crippen molar-refractivity contribution in [3.05, 3.63) is 0 Å². The minimum absolute atomic E-state index is 0.630. The molecule has 1 aliphatic rings. The average molecular weight is 184 g/mol. The molecule has 0 aliphatic carbocycles. The van der Waals surface area contributed by atoms with E-state index in [2.05, 4.69) is 25.8 Å². The number of rotatable bonds is 2. The Morgan fingerprint density at radius 3 is 2.54 bits per heavy atom. The van der Waals surface area contributed by atoms with Crippen LogP contribution >= 0.6 is 0 Å². The maximum absolute atomic E-state index is 10.6. The number of likely N-dealkylation sites (N-methyl/N-ethyl adjacent to an activating group) is 1. The van der Waals surface area contributed by atoms with Gasteiger partial charge in [0, 0.05) is 25.7 Å². The summed E-state index contributed by atoms with van der Waals surface area (Å²) < 4.78 is 0. The lowest BCUT2D eigenvalue weighted by Gasteiger charge is -2.28. The summed E-state index contributed by atoms with van der Waals surface area (Å²) in [7, 11) is 2.15. The fraction of sp³-hybridized carbons (Fsp3) is 0.900. The fourth-order valence-electron chi connectivity index (χ4n) is 2.03. The Kier molecular flexibility index (Phi) is 3.72. The Balaban J connectivity index is 2.53. The Hall–Kier alpha value is -0.570. The summed E-state index contributed by atoms with van der Waals surface area (Å²) in [5.74, 6) is 0.677. The molecular formula is C10H20N2O. The smallest absolute Gasteiger partial charge is 0.209 e. The van der Waals surface area contributed by atoms with Crippen molar-refractivity contribution in [1.29, 1.82) is 0 Å². The van der Waals surface area contributed by atoms with Crippen molar-refractivity contribution in [1.82, 2.24) is 9.80 Å². The van der Waals surface area contributed by atoms with Crippen LogP contribution in [-0.2, 0) is 4.79 Å². The molecule has 1 aliphatic heterocycles. The SMILES string of the molecule is CC(C)C1CCN(C=O)CCN1C. The predicted molar refractivity (Wildman–Crippen MR) is 53.5 cm³/mol. The molecule has 1 heterocycles. The van der Waals surface area contributed by atoms with Crippen LogP contribution in [0, 0.1) is 5.92 Å². The van der Waals surface area contributed by atoms with Crippen LogP contribution in [-0.4, -0.2) is 48.9 Å². The minimum Gasteiger partial charge on any atom is -0.344 e. The molecule has 1 rings (SSSR count). The van der Waals surface area contributed by atoms with E-state index < -0.39 is 0 Å². The molecular weight excluding hydrogens is 164 g/mol. The van der Waals surface area contributed by atoms with E-state index in [0.29, 0.717) is 12.0 Å². The lowest BCUT2D eigenvalue weighted by molar-refractivity contribution is -0.118. The highest BCUT2D eigenvalue weighted by molar-refractivity contribution is 5.46. The van der Waals surface area contributed by atoms with E-state index in [-0.39, 0.29) is 0 Å². The van der Waals surface area contributed by atoms with E-state index in [1.165, 1.54) is 0 Å². The predicted octanol–water partition coefficient (Wildman–Crippen LogP) is 0.805. The monoisotopic (exact) mass is 184 g/mol. The number of carbonyl (C=O) groups excluding carboxylic acids is 1. The number of carbonyl (C=O) groups is 1. The summed E-state index contributed by atoms with van der Waals surface area (Å²) in [6, 6.07) is 0.630. The fourth-order valence-corrected chi connectivity index (χ4v) is 2.03. The molecule has 3 nitrogen and oxygen atoms in total. The molecule has 1 fully saturated rings. The number of hydrogen-bond donors (Lipinski definition) is 0. The van der Waals surface area contributed by atoms with E-state index >= 15 is 0 Å². The number of amides is 1. The first-order chi connectivity index (χ1) is 6.15. The van der Waals surface area contributed by atoms with Crippen LogP contribution < -0.4 is 0 Å². The van der Waals surface area contributed by atoms with Crippen molar-refractivity contribution < 1.29 is 4.79 Å². The van der Waals surface area contributed by atoms with Gasteiger partial charge in [0.2, 0.25) is 6.41 Å². The van der Waals surface area contributed by atoms with Gasteiger partial charge in [-0.3, -0.25) is 4.79 Å². The van der Waals surface area contributed by atoms with E-state index in [9.17, 15) is 4.79 Å². The third kappa shape index (κ3) is 2.69. The highest BCUT2D eigenvalue weighted by atomic mass is 16.1. The van der Waals surface area contributed by atoms with Crippen molar-refractivity contribution in [2.45, 2.75) is 26.3 Å². The molecule has 0 bridgehead atoms. The summed E-state index contributed by atoms with van der Waals surface area (Å²) in [5, 5.41) is 0. The van der Waals surface area contributed by atoms with Crippen LogP contribution in [0.3, 0.4) is 0 Å². The van der Waals surface area contributed by atoms with Gasteiger partial charge in [0.05, 0.1) is 0 Å². The maximum Gasteiger partial charge on any atom is 0.209 e. The zero-order chi connectivity index (χ0) is 9.84. The molecule has 3 heteroatoms. The summed E-state index contributed by atoms with van der Waals surface area (Å²) in [6.45, 7) is 7.29. The Morgan fingerprint density at radius 2 is 2.00 bits per heavy atom. The quantitative estimate of drug-likeness (QED) is 0.593. The largest absolute Gasteiger partial charge is 0.344 e. The van der Waals surface area contributed by atoms with Crippen LogP contribution in [0.25, 0.3) is 0 Å². The second-order valence-electron chi connectivity index (χ2n) is 4.22. The van der Waals surface area contributed by atoms with Gasteiger partial charge in [-0.05, 0) is 19.4 Å². The first-order valence-electron chi connectivity index (χ1n) is 5.04. The molecule has 1 saturated heterocycles. The highest BCUT2D eigenvalue weighted by Gasteiger charge is 2.22. The van der Waals surface area contributed by atoms with Gasteiger partial charge in [-0.2, -0.15) is 0 Å². The third-order valence-electron chi connectivity index (χ3n) is 2.94. The van der Waals surface area contributed by atoms with Crippen molar-refractivity contribution in [2.24, 2.45) is 5.92 Å². The van der Waals surface area contributed by atoms with Crippen LogP contribution in [0.4, 0.5) is 0 Å². The minimum atomic E-state index is 0.630. The van der Waals surface area contributed by atoms with E-state index in [4.69, 9.17) is 0 Å². The zero-order valence-electron chi connectivity index (χ0n) is 8.86. The van der Waals surface area contributed by atoms with Gasteiger partial charge in [0.25, 0.3) is 0 Å². The molecule has 0 saturated carbocycles. The molecule has 0 spiro atoms. The molecule has 13 heavy (non-hydrogen) atoms. The third-order valence-corrected chi connectivity index (χ3v) is 2.94. The molecule has 0 N–H and O–H groups in total. The Labute approximate surface area is 80.7 Å². The summed E-state index contributed by atoms with van der Waals surface area (Å²) in [6.07, 6.45) is 2.07. The van der Waals surface area contributed by atoms with Crippen molar-refractivity contribution in [3.63, 3.8) is 0 Å². The second-order valence-corrected chi connectivity index (χ2v) is 4.22. The second kappa shape index (κ2) is 4.61. The van der Waals surface area contributed by atoms with E-state index in [0.717, 1.165) is 32.5 Å². The van der Waals surface area contributed by atoms with Crippen molar-refractivity contribution in [3.8, 4) is 0 Å². The highest BCUT2D eigenvalue weighted by Crippen LogP contribution is 2.15. The molecule has 0 aromatic heterocycles. The van der Waals surface area contributed by atoms with Gasteiger partial charge in [-0.15, -0.1) is 0 Å². The van der Waals surface area contributed by atoms with Crippen molar-refractivity contribution >= 4 is 6.41 Å². The van der Waals surface area contributed by atoms with Gasteiger partial charge >= 0.3 is 0 Å². The topological polar surface area (TPSA) is 23.6 Å². The van der Waals surface area contributed by atoms with E-state index in [1.807, 2.05) is 4.90 Å². The lowest BCUT2D eigenvalue weighted by atomic mass is 10.00. The van der Waals surface area contributed by atoms with Gasteiger partial charge in [0.15, 0.2) is 0 Å². The summed E-state index contributed by atoms with van der Waals surface area (Å²) >= 11 is 0. The molecule has 0 aromatic rings. The van der Waals surface area contributed by atoms with Gasteiger partial charge in [-0.25, -0.2) is 0 Å². The molecule has 0 radical (unpaired) electrons. The van der Waals surface area contributed by atoms with Crippen LogP contribution in [0.15, 0.2) is 0 Å². The maximum atomic E-state index is 10.6. The summed E-state index contributed by atoms with van der Waals surface area (Å²) in [4.78, 5) is 14.8. The van der Waals surface area contributed by atoms with Gasteiger partial charge in [-0.1, -0.05) is 13.8 Å². The standard InChI is InChI=1S/C10H20N2O/c1-9(2)10-4-5-12(8-13)7-6-11(10)3/h8-10H,4-7H2,1-3H3. The molecule has 1 amide bonds. The van der Waals surface area contributed by atoms with Gasteiger partial charge < -0.3 is 9.80 Å². The van der Waals surface area contributed by atoms with Crippen molar-refractivity contribution in [2.75, 3.05) is 26.7 Å². The molecule has 1 unspecified atom stereocenters. The average Bonchev–Trinajstić information content (AvgIpc) is 2.27. The molecule has 76 valence electrons. The van der Waals surface area contributed by atoms with Gasteiger partial charge in [0.1, 0.15) is 0 Å². The first-order valence-corrected chi connectivity index (χ1v) is 5.04. The van der Waals surface area contributed by atoms with Crippen LogP contribution in [0.5, 0.6) is 0 Å². The Morgan fingerprint density at radius 1 is 1.31 bits per heavy atom. The van der Waals surface area contributed by atoms with E-state index in [1.54, 1.807) is 0 Å². The Bertz CT molecular complexity index is 170. The number of hydrogen-bond acceptors (Lipinski definition) is 2. The molecule has 0 aromatic carbocycles. The lowest BCUT2D eigenvalue weighted by Crippen LogP contribution is -2.36. The normalized spacial score (nSPS) is 26.2. The van der Waals surface area contributed by atoms with Crippen LogP contribution in [0.2, 0.25) is 0 Å². The first kappa shape index (κ1) is 10.5. The van der Waals surface area contributed by atoms with Crippen LogP contribution in [0.1, 0.15) is 20.3 Å². The summed E-state index contributed by atoms with van der Waals surface area (Å²) in [5.41, 5.74) is 0. The zero-order valence-corrected chi connectivity index (χ0v) is 8.86. The molecule has 1 atom stereocenters.